The van der Waals surface area contributed by atoms with Crippen LogP contribution in [0.1, 0.15) is 26.3 Å². The number of hydrogen-bond donors (Lipinski definition) is 0. The fourth-order valence-corrected chi connectivity index (χ4v) is 2.43. The molecular formula is C11H14IOSi. The van der Waals surface area contributed by atoms with Gasteiger partial charge in [-0.1, -0.05) is 6.07 Å². The molecule has 0 saturated heterocycles. The van der Waals surface area contributed by atoms with Crippen molar-refractivity contribution in [3.8, 4) is 5.75 Å². The van der Waals surface area contributed by atoms with Gasteiger partial charge in [-0.05, 0) is 67.1 Å². The van der Waals surface area contributed by atoms with Gasteiger partial charge in [0.15, 0.2) is 0 Å². The largest absolute Gasteiger partial charge is 0.488 e. The minimum absolute atomic E-state index is 0.126. The Balaban J connectivity index is 2.87. The maximum Gasteiger partial charge on any atom is 0.121 e. The summed E-state index contributed by atoms with van der Waals surface area (Å²) in [6, 6.07) is 7.06. The van der Waals surface area contributed by atoms with Crippen LogP contribution in [0.2, 0.25) is 0 Å². The van der Waals surface area contributed by atoms with E-state index in [4.69, 9.17) is 4.74 Å². The minimum Gasteiger partial charge on any atom is -0.488 e. The molecule has 14 heavy (non-hydrogen) atoms. The van der Waals surface area contributed by atoms with Crippen LogP contribution in [0.15, 0.2) is 18.2 Å². The predicted octanol–water partition coefficient (Wildman–Crippen LogP) is 3.14. The van der Waals surface area contributed by atoms with Crippen LogP contribution in [0, 0.1) is 3.57 Å². The van der Waals surface area contributed by atoms with Gasteiger partial charge in [-0.3, -0.25) is 0 Å². The molecular weight excluding hydrogens is 303 g/mol. The van der Waals surface area contributed by atoms with Gasteiger partial charge in [0.05, 0.1) is 0 Å². The van der Waals surface area contributed by atoms with Gasteiger partial charge in [0, 0.05) is 13.8 Å². The Morgan fingerprint density at radius 1 is 1.36 bits per heavy atom. The van der Waals surface area contributed by atoms with E-state index >= 15 is 0 Å². The third-order valence-corrected chi connectivity index (χ3v) is 3.02. The number of halogens is 1. The van der Waals surface area contributed by atoms with Gasteiger partial charge < -0.3 is 4.74 Å². The highest BCUT2D eigenvalue weighted by atomic mass is 127. The van der Waals surface area contributed by atoms with Crippen LogP contribution in [0.3, 0.4) is 0 Å². The van der Waals surface area contributed by atoms with E-state index < -0.39 is 0 Å². The topological polar surface area (TPSA) is 9.23 Å². The quantitative estimate of drug-likeness (QED) is 0.601. The molecule has 0 amide bonds. The lowest BCUT2D eigenvalue weighted by molar-refractivity contribution is 0.131. The molecule has 3 heteroatoms. The molecule has 1 aromatic rings. The molecule has 1 rings (SSSR count). The lowest BCUT2D eigenvalue weighted by Crippen LogP contribution is -2.23. The van der Waals surface area contributed by atoms with Gasteiger partial charge in [0.25, 0.3) is 0 Å². The summed E-state index contributed by atoms with van der Waals surface area (Å²) < 4.78 is 7.00. The fourth-order valence-electron chi connectivity index (χ4n) is 1.09. The summed E-state index contributed by atoms with van der Waals surface area (Å²) >= 11 is 2.33. The van der Waals surface area contributed by atoms with Crippen LogP contribution in [0.5, 0.6) is 5.75 Å². The Morgan fingerprint density at radius 2 is 2.00 bits per heavy atom. The molecule has 0 spiro atoms. The Morgan fingerprint density at radius 3 is 2.43 bits per heavy atom. The molecule has 0 unspecified atom stereocenters. The van der Waals surface area contributed by atoms with Crippen LogP contribution in [-0.4, -0.2) is 15.8 Å². The minimum atomic E-state index is -0.126. The first-order valence-corrected chi connectivity index (χ1v) is 6.33. The normalized spacial score (nSPS) is 11.5. The Kier molecular flexibility index (Phi) is 4.01. The van der Waals surface area contributed by atoms with Gasteiger partial charge in [-0.15, -0.1) is 0 Å². The molecule has 1 nitrogen and oxygen atoms in total. The van der Waals surface area contributed by atoms with E-state index in [0.29, 0.717) is 0 Å². The third kappa shape index (κ3) is 3.61. The van der Waals surface area contributed by atoms with E-state index in [0.717, 1.165) is 11.8 Å². The standard InChI is InChI=1S/C11H14IOSi/c1-11(2,3)13-9-5-4-8(7-14)10(12)6-9/h4-6H,7H2,1-3H3. The molecule has 0 bridgehead atoms. The van der Waals surface area contributed by atoms with Crippen molar-refractivity contribution >= 4 is 32.8 Å². The summed E-state index contributed by atoms with van der Waals surface area (Å²) in [4.78, 5) is 0. The van der Waals surface area contributed by atoms with Crippen LogP contribution in [0.4, 0.5) is 0 Å². The van der Waals surface area contributed by atoms with E-state index in [2.05, 4.69) is 65.7 Å². The highest BCUT2D eigenvalue weighted by molar-refractivity contribution is 14.1. The number of ether oxygens (including phenoxy) is 1. The summed E-state index contributed by atoms with van der Waals surface area (Å²) in [5, 5.41) is 0. The Labute approximate surface area is 103 Å². The van der Waals surface area contributed by atoms with Crippen molar-refractivity contribution in [3.05, 3.63) is 27.3 Å². The summed E-state index contributed by atoms with van der Waals surface area (Å²) in [5.74, 6) is 0.936. The summed E-state index contributed by atoms with van der Waals surface area (Å²) in [5.41, 5.74) is 1.17. The van der Waals surface area contributed by atoms with Crippen molar-refractivity contribution in [1.82, 2.24) is 0 Å². The SMILES string of the molecule is CC(C)(C)Oc1ccc(C[Si])c(I)c1. The third-order valence-electron chi connectivity index (χ3n) is 1.64. The van der Waals surface area contributed by atoms with Crippen LogP contribution < -0.4 is 4.74 Å². The molecule has 0 heterocycles. The number of hydrogen-bond acceptors (Lipinski definition) is 1. The fraction of sp³-hybridized carbons (Fsp3) is 0.455. The van der Waals surface area contributed by atoms with Gasteiger partial charge in [0.2, 0.25) is 0 Å². The van der Waals surface area contributed by atoms with E-state index in [-0.39, 0.29) is 5.60 Å². The maximum absolute atomic E-state index is 5.76. The molecule has 0 atom stereocenters. The average molecular weight is 317 g/mol. The summed E-state index contributed by atoms with van der Waals surface area (Å²) in [7, 11) is 3.50. The van der Waals surface area contributed by atoms with Gasteiger partial charge in [0.1, 0.15) is 11.4 Å². The van der Waals surface area contributed by atoms with Gasteiger partial charge >= 0.3 is 0 Å². The van der Waals surface area contributed by atoms with Gasteiger partial charge in [-0.25, -0.2) is 0 Å². The Bertz CT molecular complexity index is 318. The lowest BCUT2D eigenvalue weighted by Gasteiger charge is -2.21. The molecule has 0 aliphatic carbocycles. The van der Waals surface area contributed by atoms with Crippen molar-refractivity contribution < 1.29 is 4.74 Å². The predicted molar refractivity (Wildman–Crippen MR) is 69.0 cm³/mol. The number of rotatable bonds is 2. The molecule has 0 N–H and O–H groups in total. The van der Waals surface area contributed by atoms with Crippen LogP contribution in [0.25, 0.3) is 0 Å². The van der Waals surface area contributed by atoms with Crippen molar-refractivity contribution in [1.29, 1.82) is 0 Å². The van der Waals surface area contributed by atoms with Crippen LogP contribution in [-0.2, 0) is 6.04 Å². The first-order chi connectivity index (χ1) is 6.42. The second kappa shape index (κ2) is 4.66. The van der Waals surface area contributed by atoms with E-state index in [1.165, 1.54) is 9.13 Å². The molecule has 0 aliphatic rings. The average Bonchev–Trinajstić information content (AvgIpc) is 2.01. The van der Waals surface area contributed by atoms with E-state index in [1.807, 2.05) is 6.07 Å². The molecule has 0 aromatic heterocycles. The zero-order chi connectivity index (χ0) is 10.8. The monoisotopic (exact) mass is 317 g/mol. The van der Waals surface area contributed by atoms with Crippen molar-refractivity contribution in [2.24, 2.45) is 0 Å². The molecule has 0 saturated carbocycles. The molecule has 0 aliphatic heterocycles. The van der Waals surface area contributed by atoms with E-state index in [1.54, 1.807) is 0 Å². The number of benzene rings is 1. The van der Waals surface area contributed by atoms with Crippen molar-refractivity contribution in [2.45, 2.75) is 32.4 Å². The van der Waals surface area contributed by atoms with Crippen LogP contribution >= 0.6 is 22.6 Å². The molecule has 0 fully saturated rings. The zero-order valence-electron chi connectivity index (χ0n) is 8.73. The first-order valence-electron chi connectivity index (χ1n) is 4.54. The zero-order valence-corrected chi connectivity index (χ0v) is 11.9. The maximum atomic E-state index is 5.76. The first kappa shape index (κ1) is 12.0. The highest BCUT2D eigenvalue weighted by Crippen LogP contribution is 2.23. The van der Waals surface area contributed by atoms with Crippen molar-refractivity contribution in [2.75, 3.05) is 0 Å². The second-order valence-electron chi connectivity index (χ2n) is 4.14. The smallest absolute Gasteiger partial charge is 0.121 e. The van der Waals surface area contributed by atoms with E-state index in [9.17, 15) is 0 Å². The summed E-state index contributed by atoms with van der Waals surface area (Å²) in [6.45, 7) is 6.16. The molecule has 75 valence electrons. The molecule has 3 radical (unpaired) electrons. The lowest BCUT2D eigenvalue weighted by atomic mass is 10.2. The second-order valence-corrected chi connectivity index (χ2v) is 5.66. The molecule has 1 aromatic carbocycles. The highest BCUT2D eigenvalue weighted by Gasteiger charge is 2.12. The summed E-state index contributed by atoms with van der Waals surface area (Å²) in [6.07, 6.45) is 0. The van der Waals surface area contributed by atoms with Crippen molar-refractivity contribution in [3.63, 3.8) is 0 Å². The van der Waals surface area contributed by atoms with Gasteiger partial charge in [-0.2, -0.15) is 0 Å². The Hall–Kier alpha value is -0.0331.